The van der Waals surface area contributed by atoms with E-state index in [-0.39, 0.29) is 6.10 Å². The number of benzene rings is 1. The van der Waals surface area contributed by atoms with Gasteiger partial charge in [0.1, 0.15) is 6.10 Å². The molecule has 1 atom stereocenters. The lowest BCUT2D eigenvalue weighted by Gasteiger charge is -2.21. The highest BCUT2D eigenvalue weighted by atomic mass is 16.5. The first-order valence-electron chi connectivity index (χ1n) is 6.60. The molecule has 0 radical (unpaired) electrons. The molecular weight excluding hydrogens is 242 g/mol. The maximum absolute atomic E-state index is 5.97. The third kappa shape index (κ3) is 5.49. The first kappa shape index (κ1) is 15.8. The fourth-order valence-corrected chi connectivity index (χ4v) is 1.74. The molecule has 1 rings (SSSR count). The number of aryl methyl sites for hydroxylation is 1. The molecule has 0 aliphatic heterocycles. The highest BCUT2D eigenvalue weighted by Crippen LogP contribution is 2.28. The van der Waals surface area contributed by atoms with E-state index >= 15 is 0 Å². The van der Waals surface area contributed by atoms with Crippen LogP contribution in [0.15, 0.2) is 18.2 Å². The van der Waals surface area contributed by atoms with Gasteiger partial charge in [-0.25, -0.2) is 0 Å². The second kappa shape index (κ2) is 8.02. The van der Waals surface area contributed by atoms with Crippen molar-refractivity contribution in [3.05, 3.63) is 23.8 Å². The Hall–Kier alpha value is -1.26. The van der Waals surface area contributed by atoms with E-state index in [0.717, 1.165) is 23.6 Å². The zero-order valence-electron chi connectivity index (χ0n) is 12.5. The summed E-state index contributed by atoms with van der Waals surface area (Å²) in [5, 5.41) is 3.35. The number of ether oxygens (including phenoxy) is 3. The molecule has 1 N–H and O–H groups in total. The van der Waals surface area contributed by atoms with Crippen molar-refractivity contribution in [2.24, 2.45) is 0 Å². The van der Waals surface area contributed by atoms with Gasteiger partial charge in [0.15, 0.2) is 11.5 Å². The number of nitrogens with one attached hydrogen (secondary N) is 1. The summed E-state index contributed by atoms with van der Waals surface area (Å²) in [6, 6.07) is 6.33. The van der Waals surface area contributed by atoms with E-state index in [1.165, 1.54) is 0 Å². The topological polar surface area (TPSA) is 39.7 Å². The predicted molar refractivity (Wildman–Crippen MR) is 77.2 cm³/mol. The quantitative estimate of drug-likeness (QED) is 0.785. The number of rotatable bonds is 8. The molecule has 0 saturated carbocycles. The Morgan fingerprint density at radius 3 is 2.47 bits per heavy atom. The fraction of sp³-hybridized carbons (Fsp3) is 0.600. The molecule has 4 heteroatoms. The van der Waals surface area contributed by atoms with Gasteiger partial charge in [-0.1, -0.05) is 19.9 Å². The number of methoxy groups -OCH3 is 2. The van der Waals surface area contributed by atoms with Gasteiger partial charge >= 0.3 is 0 Å². The zero-order valence-corrected chi connectivity index (χ0v) is 12.5. The van der Waals surface area contributed by atoms with Crippen LogP contribution in [0.1, 0.15) is 19.4 Å². The summed E-state index contributed by atoms with van der Waals surface area (Å²) < 4.78 is 16.5. The van der Waals surface area contributed by atoms with Crippen molar-refractivity contribution < 1.29 is 14.2 Å². The van der Waals surface area contributed by atoms with Crippen LogP contribution in [0, 0.1) is 6.92 Å². The second-order valence-corrected chi connectivity index (χ2v) is 4.91. The molecular formula is C15H25NO3. The summed E-state index contributed by atoms with van der Waals surface area (Å²) in [5.41, 5.74) is 1.15. The first-order valence-corrected chi connectivity index (χ1v) is 6.60. The average Bonchev–Trinajstić information content (AvgIpc) is 2.38. The van der Waals surface area contributed by atoms with E-state index < -0.39 is 0 Å². The summed E-state index contributed by atoms with van der Waals surface area (Å²) in [6.45, 7) is 7.52. The molecule has 0 fully saturated rings. The predicted octanol–water partition coefficient (Wildman–Crippen LogP) is 2.40. The monoisotopic (exact) mass is 267 g/mol. The molecule has 0 amide bonds. The first-order chi connectivity index (χ1) is 9.06. The van der Waals surface area contributed by atoms with Crippen LogP contribution in [-0.4, -0.2) is 39.5 Å². The molecule has 0 spiro atoms. The highest BCUT2D eigenvalue weighted by Gasteiger charge is 2.14. The Balaban J connectivity index is 2.72. The Bertz CT molecular complexity index is 380. The van der Waals surface area contributed by atoms with Gasteiger partial charge in [-0.15, -0.1) is 0 Å². The fourth-order valence-electron chi connectivity index (χ4n) is 1.74. The smallest absolute Gasteiger partial charge is 0.161 e. The minimum atomic E-state index is -0.0380. The van der Waals surface area contributed by atoms with E-state index in [1.54, 1.807) is 14.2 Å². The van der Waals surface area contributed by atoms with Crippen LogP contribution in [-0.2, 0) is 4.74 Å². The number of hydrogen-bond acceptors (Lipinski definition) is 4. The highest BCUT2D eigenvalue weighted by molar-refractivity contribution is 5.42. The summed E-state index contributed by atoms with van der Waals surface area (Å²) in [7, 11) is 3.33. The summed E-state index contributed by atoms with van der Waals surface area (Å²) in [5.74, 6) is 1.51. The van der Waals surface area contributed by atoms with Crippen LogP contribution in [0.4, 0.5) is 0 Å². The molecule has 0 aliphatic rings. The van der Waals surface area contributed by atoms with Crippen molar-refractivity contribution in [3.63, 3.8) is 0 Å². The summed E-state index contributed by atoms with van der Waals surface area (Å²) in [6.07, 6.45) is -0.0380. The van der Waals surface area contributed by atoms with Crippen molar-refractivity contribution >= 4 is 0 Å². The molecule has 1 aromatic carbocycles. The lowest BCUT2D eigenvalue weighted by Crippen LogP contribution is -2.38. The third-order valence-electron chi connectivity index (χ3n) is 2.72. The Labute approximate surface area is 116 Å². The number of hydrogen-bond donors (Lipinski definition) is 1. The van der Waals surface area contributed by atoms with E-state index in [4.69, 9.17) is 14.2 Å². The standard InChI is InChI=1S/C15H25NO3/c1-11(2)16-9-13(10-17-4)19-14-7-6-12(3)8-15(14)18-5/h6-8,11,13,16H,9-10H2,1-5H3. The molecule has 0 aromatic heterocycles. The minimum absolute atomic E-state index is 0.0380. The van der Waals surface area contributed by atoms with Crippen LogP contribution in [0.25, 0.3) is 0 Å². The van der Waals surface area contributed by atoms with Crippen LogP contribution in [0.3, 0.4) is 0 Å². The van der Waals surface area contributed by atoms with Gasteiger partial charge < -0.3 is 19.5 Å². The van der Waals surface area contributed by atoms with Crippen LogP contribution in [0.2, 0.25) is 0 Å². The molecule has 0 heterocycles. The van der Waals surface area contributed by atoms with Crippen molar-refractivity contribution in [1.82, 2.24) is 5.32 Å². The lowest BCUT2D eigenvalue weighted by molar-refractivity contribution is 0.0774. The van der Waals surface area contributed by atoms with Crippen LogP contribution < -0.4 is 14.8 Å². The van der Waals surface area contributed by atoms with Crippen molar-refractivity contribution in [2.75, 3.05) is 27.4 Å². The molecule has 0 bridgehead atoms. The van der Waals surface area contributed by atoms with Crippen LogP contribution in [0.5, 0.6) is 11.5 Å². The van der Waals surface area contributed by atoms with E-state index in [1.807, 2.05) is 25.1 Å². The van der Waals surface area contributed by atoms with Gasteiger partial charge in [0.25, 0.3) is 0 Å². The Morgan fingerprint density at radius 1 is 1.16 bits per heavy atom. The molecule has 1 unspecified atom stereocenters. The van der Waals surface area contributed by atoms with Crippen molar-refractivity contribution in [3.8, 4) is 11.5 Å². The maximum atomic E-state index is 5.97. The zero-order chi connectivity index (χ0) is 14.3. The average molecular weight is 267 g/mol. The van der Waals surface area contributed by atoms with E-state index in [9.17, 15) is 0 Å². The Kier molecular flexibility index (Phi) is 6.67. The van der Waals surface area contributed by atoms with Crippen LogP contribution >= 0.6 is 0 Å². The third-order valence-corrected chi connectivity index (χ3v) is 2.72. The molecule has 108 valence electrons. The van der Waals surface area contributed by atoms with Crippen molar-refractivity contribution in [2.45, 2.75) is 32.9 Å². The minimum Gasteiger partial charge on any atom is -0.493 e. The van der Waals surface area contributed by atoms with Gasteiger partial charge in [0, 0.05) is 19.7 Å². The normalized spacial score (nSPS) is 12.5. The van der Waals surface area contributed by atoms with Gasteiger partial charge in [0.05, 0.1) is 13.7 Å². The van der Waals surface area contributed by atoms with E-state index in [0.29, 0.717) is 12.6 Å². The van der Waals surface area contributed by atoms with E-state index in [2.05, 4.69) is 19.2 Å². The van der Waals surface area contributed by atoms with Gasteiger partial charge in [-0.3, -0.25) is 0 Å². The summed E-state index contributed by atoms with van der Waals surface area (Å²) in [4.78, 5) is 0. The molecule has 1 aromatic rings. The van der Waals surface area contributed by atoms with Gasteiger partial charge in [0.2, 0.25) is 0 Å². The second-order valence-electron chi connectivity index (χ2n) is 4.91. The SMILES string of the molecule is COCC(CNC(C)C)Oc1ccc(C)cc1OC. The molecule has 4 nitrogen and oxygen atoms in total. The molecule has 19 heavy (non-hydrogen) atoms. The summed E-state index contributed by atoms with van der Waals surface area (Å²) >= 11 is 0. The van der Waals surface area contributed by atoms with Crippen molar-refractivity contribution in [1.29, 1.82) is 0 Å². The Morgan fingerprint density at radius 2 is 1.89 bits per heavy atom. The van der Waals surface area contributed by atoms with Gasteiger partial charge in [-0.05, 0) is 24.6 Å². The van der Waals surface area contributed by atoms with Gasteiger partial charge in [-0.2, -0.15) is 0 Å². The largest absolute Gasteiger partial charge is 0.493 e. The lowest BCUT2D eigenvalue weighted by atomic mass is 10.2. The molecule has 0 aliphatic carbocycles. The maximum Gasteiger partial charge on any atom is 0.161 e. The molecule has 0 saturated heterocycles.